The summed E-state index contributed by atoms with van der Waals surface area (Å²) in [7, 11) is 0. The number of carboxylic acids is 1. The van der Waals surface area contributed by atoms with Crippen LogP contribution in [0.4, 0.5) is 17.1 Å². The Morgan fingerprint density at radius 1 is 0.842 bits per heavy atom. The van der Waals surface area contributed by atoms with Crippen LogP contribution in [0.25, 0.3) is 11.1 Å². The van der Waals surface area contributed by atoms with Crippen molar-refractivity contribution in [3.05, 3.63) is 70.8 Å². The monoisotopic (exact) mass is 513 g/mol. The third-order valence-corrected chi connectivity index (χ3v) is 5.41. The molecule has 11 nitrogen and oxygen atoms in total. The lowest BCUT2D eigenvalue weighted by molar-refractivity contribution is -0.115. The number of phenols is 1. The van der Waals surface area contributed by atoms with Crippen molar-refractivity contribution in [1.82, 2.24) is 0 Å². The third-order valence-electron chi connectivity index (χ3n) is 5.41. The highest BCUT2D eigenvalue weighted by molar-refractivity contribution is 6.48. The molecule has 0 heterocycles. The molecule has 0 aliphatic heterocycles. The second-order valence-corrected chi connectivity index (χ2v) is 8.31. The van der Waals surface area contributed by atoms with Gasteiger partial charge in [-0.25, -0.2) is 4.79 Å². The van der Waals surface area contributed by atoms with Gasteiger partial charge in [-0.2, -0.15) is 5.26 Å². The summed E-state index contributed by atoms with van der Waals surface area (Å²) in [6.45, 7) is 4.42. The Hall–Kier alpha value is -5.50. The first kappa shape index (κ1) is 27.1. The first-order chi connectivity index (χ1) is 17.9. The molecule has 0 unspecified atom stereocenters. The fraction of sp³-hybridized carbons (Fsp3) is 0.111. The largest absolute Gasteiger partial charge is 0.507 e. The summed E-state index contributed by atoms with van der Waals surface area (Å²) in [5.41, 5.74) is 1.19. The van der Waals surface area contributed by atoms with E-state index < -0.39 is 29.2 Å². The number of amides is 3. The van der Waals surface area contributed by atoms with E-state index in [-0.39, 0.29) is 34.0 Å². The maximum Gasteiger partial charge on any atom is 0.337 e. The zero-order valence-corrected chi connectivity index (χ0v) is 20.6. The van der Waals surface area contributed by atoms with Crippen molar-refractivity contribution in [2.75, 3.05) is 16.0 Å². The van der Waals surface area contributed by atoms with E-state index in [9.17, 15) is 29.4 Å². The molecule has 0 aliphatic rings. The number of carboxylic acid groups (broad SMARTS) is 1. The standard InChI is InChI=1S/C27H23N5O6/c1-13-8-17(30-14(2)33)5-6-18(13)19-10-21(24(35)11-23(19)31-15(3)34)25(29)26(36)32-22-7-4-16(12-28)9-20(22)27(37)38/h4-11,29,35H,1-3H3,(H,30,33)(H,31,34)(H,32,36)(H,37,38). The zero-order valence-electron chi connectivity index (χ0n) is 20.6. The average Bonchev–Trinajstić information content (AvgIpc) is 2.83. The molecule has 0 saturated carbocycles. The maximum atomic E-state index is 12.9. The highest BCUT2D eigenvalue weighted by Crippen LogP contribution is 2.37. The van der Waals surface area contributed by atoms with Gasteiger partial charge in [0.1, 0.15) is 11.5 Å². The number of hydrogen-bond donors (Lipinski definition) is 6. The number of nitriles is 1. The van der Waals surface area contributed by atoms with Crippen LogP contribution in [0.2, 0.25) is 0 Å². The van der Waals surface area contributed by atoms with Crippen LogP contribution in [0.1, 0.15) is 40.9 Å². The SMILES string of the molecule is CC(=O)Nc1ccc(-c2cc(C(=N)C(=O)Nc3ccc(C#N)cc3C(=O)O)c(O)cc2NC(C)=O)c(C)c1. The zero-order chi connectivity index (χ0) is 28.1. The molecule has 0 fully saturated rings. The van der Waals surface area contributed by atoms with Gasteiger partial charge in [-0.1, -0.05) is 6.07 Å². The Kier molecular flexibility index (Phi) is 7.88. The normalized spacial score (nSPS) is 10.2. The van der Waals surface area contributed by atoms with E-state index in [4.69, 9.17) is 10.7 Å². The molecule has 3 aromatic carbocycles. The van der Waals surface area contributed by atoms with Crippen molar-refractivity contribution in [2.45, 2.75) is 20.8 Å². The highest BCUT2D eigenvalue weighted by Gasteiger charge is 2.22. The number of rotatable bonds is 7. The number of benzene rings is 3. The van der Waals surface area contributed by atoms with Gasteiger partial charge in [-0.3, -0.25) is 19.8 Å². The molecule has 0 radical (unpaired) electrons. The van der Waals surface area contributed by atoms with E-state index >= 15 is 0 Å². The van der Waals surface area contributed by atoms with Gasteiger partial charge in [0, 0.05) is 36.7 Å². The number of phenolic OH excluding ortho intramolecular Hbond substituents is 1. The second kappa shape index (κ2) is 11.0. The van der Waals surface area contributed by atoms with Crippen molar-refractivity contribution < 1.29 is 29.4 Å². The number of aryl methyl sites for hydroxylation is 1. The number of nitrogens with zero attached hydrogens (tertiary/aromatic N) is 1. The smallest absolute Gasteiger partial charge is 0.337 e. The van der Waals surface area contributed by atoms with Gasteiger partial charge < -0.3 is 26.2 Å². The molecule has 0 aromatic heterocycles. The van der Waals surface area contributed by atoms with E-state index in [1.807, 2.05) is 6.07 Å². The summed E-state index contributed by atoms with van der Waals surface area (Å²) in [5.74, 6) is -3.53. The van der Waals surface area contributed by atoms with Gasteiger partial charge in [0.2, 0.25) is 11.8 Å². The van der Waals surface area contributed by atoms with Gasteiger partial charge in [0.25, 0.3) is 5.91 Å². The molecule has 192 valence electrons. The molecule has 0 bridgehead atoms. The Bertz CT molecular complexity index is 1550. The summed E-state index contributed by atoms with van der Waals surface area (Å²) < 4.78 is 0. The van der Waals surface area contributed by atoms with E-state index in [0.29, 0.717) is 22.4 Å². The number of aromatic carboxylic acids is 1. The van der Waals surface area contributed by atoms with Crippen LogP contribution in [0, 0.1) is 23.7 Å². The van der Waals surface area contributed by atoms with Crippen molar-refractivity contribution in [3.8, 4) is 22.9 Å². The van der Waals surface area contributed by atoms with E-state index in [1.165, 1.54) is 38.1 Å². The topological polar surface area (TPSA) is 192 Å². The van der Waals surface area contributed by atoms with E-state index in [0.717, 1.165) is 6.07 Å². The molecule has 0 spiro atoms. The fourth-order valence-electron chi connectivity index (χ4n) is 3.76. The predicted octanol–water partition coefficient (Wildman–Crippen LogP) is 3.86. The maximum absolute atomic E-state index is 12.9. The summed E-state index contributed by atoms with van der Waals surface area (Å²) >= 11 is 0. The molecular formula is C27H23N5O6. The Morgan fingerprint density at radius 3 is 2.11 bits per heavy atom. The van der Waals surface area contributed by atoms with Crippen LogP contribution in [0.15, 0.2) is 48.5 Å². The molecule has 3 amide bonds. The predicted molar refractivity (Wildman–Crippen MR) is 140 cm³/mol. The second-order valence-electron chi connectivity index (χ2n) is 8.31. The van der Waals surface area contributed by atoms with Crippen molar-refractivity contribution >= 4 is 46.5 Å². The number of carbonyl (C=O) groups excluding carboxylic acids is 3. The lowest BCUT2D eigenvalue weighted by Gasteiger charge is -2.17. The van der Waals surface area contributed by atoms with Gasteiger partial charge in [0.05, 0.1) is 28.6 Å². The average molecular weight is 514 g/mol. The quantitative estimate of drug-likeness (QED) is 0.258. The first-order valence-corrected chi connectivity index (χ1v) is 11.1. The van der Waals surface area contributed by atoms with Crippen LogP contribution < -0.4 is 16.0 Å². The van der Waals surface area contributed by atoms with Gasteiger partial charge in [0.15, 0.2) is 0 Å². The molecule has 0 saturated heterocycles. The molecular weight excluding hydrogens is 490 g/mol. The summed E-state index contributed by atoms with van der Waals surface area (Å²) in [6.07, 6.45) is 0. The minimum absolute atomic E-state index is 0.0752. The molecule has 3 rings (SSSR count). The molecule has 6 N–H and O–H groups in total. The molecule has 3 aromatic rings. The molecule has 0 aliphatic carbocycles. The Morgan fingerprint density at radius 2 is 1.53 bits per heavy atom. The number of aromatic hydroxyl groups is 1. The summed E-state index contributed by atoms with van der Waals surface area (Å²) in [5, 5.41) is 45.1. The lowest BCUT2D eigenvalue weighted by atomic mass is 9.94. The number of carbonyl (C=O) groups is 4. The van der Waals surface area contributed by atoms with Gasteiger partial charge in [-0.15, -0.1) is 0 Å². The van der Waals surface area contributed by atoms with Crippen molar-refractivity contribution in [3.63, 3.8) is 0 Å². The van der Waals surface area contributed by atoms with Crippen LogP contribution in [-0.2, 0) is 14.4 Å². The molecule has 11 heteroatoms. The highest BCUT2D eigenvalue weighted by atomic mass is 16.4. The minimum atomic E-state index is -1.38. The first-order valence-electron chi connectivity index (χ1n) is 11.1. The number of anilines is 3. The summed E-state index contributed by atoms with van der Waals surface area (Å²) in [6, 6.07) is 13.1. The van der Waals surface area contributed by atoms with Crippen molar-refractivity contribution in [1.29, 1.82) is 10.7 Å². The number of hydrogen-bond acceptors (Lipinski definition) is 7. The van der Waals surface area contributed by atoms with Crippen molar-refractivity contribution in [2.24, 2.45) is 0 Å². The van der Waals surface area contributed by atoms with Crippen LogP contribution in [-0.4, -0.2) is 39.6 Å². The molecule has 38 heavy (non-hydrogen) atoms. The van der Waals surface area contributed by atoms with Crippen LogP contribution in [0.5, 0.6) is 5.75 Å². The fourth-order valence-corrected chi connectivity index (χ4v) is 3.76. The Labute approximate surface area is 217 Å². The van der Waals surface area contributed by atoms with Gasteiger partial charge >= 0.3 is 5.97 Å². The van der Waals surface area contributed by atoms with Crippen LogP contribution >= 0.6 is 0 Å². The van der Waals surface area contributed by atoms with Crippen LogP contribution in [0.3, 0.4) is 0 Å². The minimum Gasteiger partial charge on any atom is -0.507 e. The summed E-state index contributed by atoms with van der Waals surface area (Å²) in [4.78, 5) is 47.7. The van der Waals surface area contributed by atoms with Gasteiger partial charge in [-0.05, 0) is 54.4 Å². The molecule has 0 atom stereocenters. The number of nitrogens with one attached hydrogen (secondary N) is 4. The van der Waals surface area contributed by atoms with E-state index in [1.54, 1.807) is 25.1 Å². The lowest BCUT2D eigenvalue weighted by Crippen LogP contribution is -2.24. The van der Waals surface area contributed by atoms with E-state index in [2.05, 4.69) is 16.0 Å². The Balaban J connectivity index is 2.05. The third kappa shape index (κ3) is 6.00.